The number of β-amino-alcohol motifs (C(OH)–C–C–N with tert-alkyl or cyclic N) is 1. The molecule has 1 saturated heterocycles. The SMILES string of the molecule is COc1ccc(C(=O)N2CC[C@@H](Oc3cc(F)cc(F)c3)[C@H](O)C2)cc1O. The summed E-state index contributed by atoms with van der Waals surface area (Å²) in [5.41, 5.74) is 0.257. The number of phenolic OH excluding ortho intramolecular Hbond substituents is 1. The summed E-state index contributed by atoms with van der Waals surface area (Å²) in [5.74, 6) is -1.83. The number of carbonyl (C=O) groups excluding carboxylic acids is 1. The maximum Gasteiger partial charge on any atom is 0.254 e. The van der Waals surface area contributed by atoms with Crippen LogP contribution in [0.1, 0.15) is 16.8 Å². The standard InChI is InChI=1S/C19H19F2NO5/c1-26-17-3-2-11(6-15(17)23)19(25)22-5-4-18(16(24)10-22)27-14-8-12(20)7-13(21)9-14/h2-3,6-9,16,18,23-24H,4-5,10H2,1H3/t16-,18-/m1/s1. The fraction of sp³-hybridized carbons (Fsp3) is 0.316. The average molecular weight is 379 g/mol. The second-order valence-corrected chi connectivity index (χ2v) is 6.26. The Balaban J connectivity index is 1.65. The number of methoxy groups -OCH3 is 1. The molecular formula is C19H19F2NO5. The zero-order valence-corrected chi connectivity index (χ0v) is 14.6. The Bertz CT molecular complexity index is 825. The van der Waals surface area contributed by atoms with E-state index in [1.807, 2.05) is 0 Å². The molecule has 2 aromatic rings. The van der Waals surface area contributed by atoms with E-state index in [9.17, 15) is 23.8 Å². The highest BCUT2D eigenvalue weighted by Crippen LogP contribution is 2.28. The number of phenols is 1. The number of ether oxygens (including phenoxy) is 2. The third-order valence-electron chi connectivity index (χ3n) is 4.36. The summed E-state index contributed by atoms with van der Waals surface area (Å²) in [6, 6.07) is 7.10. The predicted molar refractivity (Wildman–Crippen MR) is 92.0 cm³/mol. The first-order valence-corrected chi connectivity index (χ1v) is 8.34. The third kappa shape index (κ3) is 4.28. The van der Waals surface area contributed by atoms with Crippen molar-refractivity contribution in [2.45, 2.75) is 18.6 Å². The topological polar surface area (TPSA) is 79.2 Å². The van der Waals surface area contributed by atoms with Crippen molar-refractivity contribution >= 4 is 5.91 Å². The number of aromatic hydroxyl groups is 1. The molecule has 27 heavy (non-hydrogen) atoms. The van der Waals surface area contributed by atoms with Gasteiger partial charge in [-0.1, -0.05) is 0 Å². The minimum Gasteiger partial charge on any atom is -0.504 e. The van der Waals surface area contributed by atoms with Crippen LogP contribution in [-0.4, -0.2) is 53.4 Å². The van der Waals surface area contributed by atoms with Gasteiger partial charge in [0.2, 0.25) is 0 Å². The van der Waals surface area contributed by atoms with E-state index in [4.69, 9.17) is 9.47 Å². The number of halogens is 2. The summed E-state index contributed by atoms with van der Waals surface area (Å²) >= 11 is 0. The van der Waals surface area contributed by atoms with Crippen molar-refractivity contribution in [3.63, 3.8) is 0 Å². The Hall–Kier alpha value is -2.87. The number of amides is 1. The molecule has 3 rings (SSSR count). The molecule has 6 nitrogen and oxygen atoms in total. The lowest BCUT2D eigenvalue weighted by atomic mass is 10.0. The molecule has 0 spiro atoms. The maximum absolute atomic E-state index is 13.3. The molecule has 2 atom stereocenters. The Morgan fingerprint density at radius 1 is 1.19 bits per heavy atom. The van der Waals surface area contributed by atoms with Gasteiger partial charge < -0.3 is 24.6 Å². The van der Waals surface area contributed by atoms with E-state index in [2.05, 4.69) is 0 Å². The molecule has 0 aromatic heterocycles. The number of nitrogens with zero attached hydrogens (tertiary/aromatic N) is 1. The lowest BCUT2D eigenvalue weighted by Gasteiger charge is -2.36. The predicted octanol–water partition coefficient (Wildman–Crippen LogP) is 2.33. The van der Waals surface area contributed by atoms with Gasteiger partial charge in [0.15, 0.2) is 11.5 Å². The fourth-order valence-corrected chi connectivity index (χ4v) is 3.01. The smallest absolute Gasteiger partial charge is 0.254 e. The van der Waals surface area contributed by atoms with E-state index in [1.54, 1.807) is 0 Å². The van der Waals surface area contributed by atoms with Gasteiger partial charge in [0, 0.05) is 36.7 Å². The zero-order valence-electron chi connectivity index (χ0n) is 14.6. The first-order chi connectivity index (χ1) is 12.9. The molecule has 2 N–H and O–H groups in total. The van der Waals surface area contributed by atoms with Gasteiger partial charge in [0.1, 0.15) is 29.6 Å². The number of likely N-dealkylation sites (tertiary alicyclic amines) is 1. The van der Waals surface area contributed by atoms with Crippen LogP contribution in [0.2, 0.25) is 0 Å². The summed E-state index contributed by atoms with van der Waals surface area (Å²) < 4.78 is 36.9. The van der Waals surface area contributed by atoms with Crippen LogP contribution >= 0.6 is 0 Å². The van der Waals surface area contributed by atoms with Gasteiger partial charge in [-0.25, -0.2) is 8.78 Å². The molecule has 1 heterocycles. The number of rotatable bonds is 4. The van der Waals surface area contributed by atoms with Gasteiger partial charge >= 0.3 is 0 Å². The van der Waals surface area contributed by atoms with E-state index in [0.29, 0.717) is 0 Å². The van der Waals surface area contributed by atoms with Crippen LogP contribution in [0.25, 0.3) is 0 Å². The summed E-state index contributed by atoms with van der Waals surface area (Å²) in [5, 5.41) is 20.1. The number of aliphatic hydroxyl groups is 1. The number of piperidine rings is 1. The number of carbonyl (C=O) groups is 1. The monoisotopic (exact) mass is 379 g/mol. The second kappa shape index (κ2) is 7.79. The van der Waals surface area contributed by atoms with Crippen LogP contribution in [0.3, 0.4) is 0 Å². The van der Waals surface area contributed by atoms with Crippen molar-refractivity contribution in [1.29, 1.82) is 0 Å². The Morgan fingerprint density at radius 3 is 2.48 bits per heavy atom. The van der Waals surface area contributed by atoms with Gasteiger partial charge in [0.25, 0.3) is 5.91 Å². The third-order valence-corrected chi connectivity index (χ3v) is 4.36. The molecule has 2 aromatic carbocycles. The highest BCUT2D eigenvalue weighted by Gasteiger charge is 2.32. The Kier molecular flexibility index (Phi) is 5.46. The maximum atomic E-state index is 13.3. The Morgan fingerprint density at radius 2 is 1.89 bits per heavy atom. The fourth-order valence-electron chi connectivity index (χ4n) is 3.01. The van der Waals surface area contributed by atoms with E-state index in [1.165, 1.54) is 30.2 Å². The summed E-state index contributed by atoms with van der Waals surface area (Å²) in [6.45, 7) is 0.277. The normalized spacial score (nSPS) is 19.6. The van der Waals surface area contributed by atoms with E-state index in [0.717, 1.165) is 18.2 Å². The first kappa shape index (κ1) is 18.9. The molecule has 0 bridgehead atoms. The minimum atomic E-state index is -1.03. The molecule has 1 aliphatic rings. The van der Waals surface area contributed by atoms with Gasteiger partial charge in [-0.2, -0.15) is 0 Å². The van der Waals surface area contributed by atoms with Crippen LogP contribution in [0.5, 0.6) is 17.2 Å². The van der Waals surface area contributed by atoms with Gasteiger partial charge in [-0.3, -0.25) is 4.79 Å². The van der Waals surface area contributed by atoms with Crippen LogP contribution in [0.15, 0.2) is 36.4 Å². The molecule has 1 fully saturated rings. The average Bonchev–Trinajstić information content (AvgIpc) is 2.62. The van der Waals surface area contributed by atoms with Gasteiger partial charge in [0.05, 0.1) is 13.7 Å². The lowest BCUT2D eigenvalue weighted by molar-refractivity contribution is -0.0200. The molecule has 144 valence electrons. The molecule has 1 aliphatic heterocycles. The van der Waals surface area contributed by atoms with Crippen molar-refractivity contribution in [3.8, 4) is 17.2 Å². The molecule has 0 aliphatic carbocycles. The molecule has 0 radical (unpaired) electrons. The van der Waals surface area contributed by atoms with E-state index in [-0.39, 0.29) is 48.2 Å². The minimum absolute atomic E-state index is 0.00586. The summed E-state index contributed by atoms with van der Waals surface area (Å²) in [4.78, 5) is 14.0. The number of aliphatic hydroxyl groups excluding tert-OH is 1. The summed E-state index contributed by atoms with van der Waals surface area (Å²) in [7, 11) is 1.40. The summed E-state index contributed by atoms with van der Waals surface area (Å²) in [6.07, 6.45) is -1.44. The van der Waals surface area contributed by atoms with Crippen LogP contribution in [-0.2, 0) is 0 Å². The van der Waals surface area contributed by atoms with Crippen LogP contribution in [0, 0.1) is 11.6 Å². The van der Waals surface area contributed by atoms with E-state index >= 15 is 0 Å². The van der Waals surface area contributed by atoms with E-state index < -0.39 is 23.8 Å². The number of hydrogen-bond acceptors (Lipinski definition) is 5. The van der Waals surface area contributed by atoms with Crippen molar-refractivity contribution in [1.82, 2.24) is 4.90 Å². The molecule has 0 saturated carbocycles. The molecule has 0 unspecified atom stereocenters. The highest BCUT2D eigenvalue weighted by atomic mass is 19.1. The Labute approximate surface area is 154 Å². The van der Waals surface area contributed by atoms with Crippen molar-refractivity contribution in [2.24, 2.45) is 0 Å². The van der Waals surface area contributed by atoms with Crippen LogP contribution < -0.4 is 9.47 Å². The second-order valence-electron chi connectivity index (χ2n) is 6.26. The number of hydrogen-bond donors (Lipinski definition) is 2. The first-order valence-electron chi connectivity index (χ1n) is 8.34. The van der Waals surface area contributed by atoms with Crippen LogP contribution in [0.4, 0.5) is 8.78 Å². The molecule has 1 amide bonds. The largest absolute Gasteiger partial charge is 0.504 e. The van der Waals surface area contributed by atoms with Crippen molar-refractivity contribution < 1.29 is 33.3 Å². The zero-order chi connectivity index (χ0) is 19.6. The van der Waals surface area contributed by atoms with Crippen molar-refractivity contribution in [3.05, 3.63) is 53.6 Å². The van der Waals surface area contributed by atoms with Crippen molar-refractivity contribution in [2.75, 3.05) is 20.2 Å². The quantitative estimate of drug-likeness (QED) is 0.853. The van der Waals surface area contributed by atoms with Gasteiger partial charge in [-0.05, 0) is 18.2 Å². The number of benzene rings is 2. The highest BCUT2D eigenvalue weighted by molar-refractivity contribution is 5.95. The molecule has 8 heteroatoms. The lowest BCUT2D eigenvalue weighted by Crippen LogP contribution is -2.51. The van der Waals surface area contributed by atoms with Gasteiger partial charge in [-0.15, -0.1) is 0 Å². The molecular weight excluding hydrogens is 360 g/mol.